The average molecular weight is 528 g/mol. The first kappa shape index (κ1) is 25.6. The number of carbonyl (C=O) groups is 1. The van der Waals surface area contributed by atoms with Crippen LogP contribution < -0.4 is 14.2 Å². The van der Waals surface area contributed by atoms with E-state index in [0.717, 1.165) is 41.0 Å². The number of ether oxygens (including phenoxy) is 4. The fraction of sp³-hybridized carbons (Fsp3) is 0.407. The third-order valence-electron chi connectivity index (χ3n) is 6.59. The highest BCUT2D eigenvalue weighted by Crippen LogP contribution is 2.40. The van der Waals surface area contributed by atoms with E-state index in [2.05, 4.69) is 9.47 Å². The minimum Gasteiger partial charge on any atom is -0.493 e. The molecule has 1 aromatic heterocycles. The van der Waals surface area contributed by atoms with Crippen molar-refractivity contribution in [3.63, 3.8) is 0 Å². The second kappa shape index (κ2) is 11.1. The van der Waals surface area contributed by atoms with E-state index in [0.29, 0.717) is 42.5 Å². The van der Waals surface area contributed by atoms with Crippen LogP contribution in [-0.4, -0.2) is 72.6 Å². The maximum atomic E-state index is 13.5. The topological polar surface area (TPSA) is 75.1 Å². The van der Waals surface area contributed by atoms with Crippen LogP contribution >= 0.6 is 11.8 Å². The molecule has 0 amide bonds. The monoisotopic (exact) mass is 527 g/mol. The van der Waals surface area contributed by atoms with Gasteiger partial charge in [-0.1, -0.05) is 11.8 Å². The molecule has 3 heterocycles. The summed E-state index contributed by atoms with van der Waals surface area (Å²) in [5.41, 5.74) is 3.37. The van der Waals surface area contributed by atoms with Crippen molar-refractivity contribution in [2.75, 3.05) is 46.3 Å². The van der Waals surface area contributed by atoms with Crippen LogP contribution in [0.1, 0.15) is 23.0 Å². The summed E-state index contributed by atoms with van der Waals surface area (Å²) >= 11 is 1.74. The number of ketones is 1. The number of carbonyl (C=O) groups excluding carboxylic acids is 1. The van der Waals surface area contributed by atoms with Gasteiger partial charge in [0, 0.05) is 37.5 Å². The number of fused-ring (bicyclic) bond motifs is 1. The molecule has 0 N–H and O–H groups in total. The molecular weight excluding hydrogens is 497 g/mol. The van der Waals surface area contributed by atoms with Crippen molar-refractivity contribution >= 4 is 17.5 Å². The predicted molar refractivity (Wildman–Crippen MR) is 138 cm³/mol. The summed E-state index contributed by atoms with van der Waals surface area (Å²) in [4.78, 5) is 19.4. The summed E-state index contributed by atoms with van der Waals surface area (Å²) in [5, 5.41) is 1.00. The number of hydrogen-bond acceptors (Lipinski definition) is 8. The maximum Gasteiger partial charge on any atom is 0.204 e. The van der Waals surface area contributed by atoms with Crippen LogP contribution in [0.2, 0.25) is 0 Å². The minimum absolute atomic E-state index is 0.122. The Kier molecular flexibility index (Phi) is 7.68. The molecule has 0 saturated carbocycles. The number of halogens is 1. The zero-order valence-electron chi connectivity index (χ0n) is 21.2. The van der Waals surface area contributed by atoms with Gasteiger partial charge < -0.3 is 23.5 Å². The van der Waals surface area contributed by atoms with E-state index in [1.807, 2.05) is 0 Å². The first-order valence-corrected chi connectivity index (χ1v) is 13.2. The van der Waals surface area contributed by atoms with Crippen LogP contribution in [-0.2, 0) is 17.8 Å². The van der Waals surface area contributed by atoms with E-state index in [4.69, 9.17) is 23.9 Å². The number of rotatable bonds is 9. The summed E-state index contributed by atoms with van der Waals surface area (Å²) in [6.07, 6.45) is -0.200. The van der Waals surface area contributed by atoms with E-state index >= 15 is 0 Å². The molecule has 2 aliphatic rings. The molecule has 0 radical (unpaired) electrons. The zero-order valence-corrected chi connectivity index (χ0v) is 22.0. The molecule has 5 rings (SSSR count). The van der Waals surface area contributed by atoms with Crippen molar-refractivity contribution in [1.29, 1.82) is 0 Å². The van der Waals surface area contributed by atoms with Crippen molar-refractivity contribution < 1.29 is 28.1 Å². The van der Waals surface area contributed by atoms with E-state index in [9.17, 15) is 9.18 Å². The SMILES string of the molecule is COc1ccc(C(C)=O)c(OCC2CN(Cc3c(-c4ccc(F)cc4)nc4n3CCS4)CCO2)c1OC. The molecule has 8 nitrogen and oxygen atoms in total. The summed E-state index contributed by atoms with van der Waals surface area (Å²) in [6, 6.07) is 9.89. The zero-order chi connectivity index (χ0) is 25.9. The minimum atomic E-state index is -0.261. The molecule has 0 bridgehead atoms. The molecule has 2 aliphatic heterocycles. The molecule has 1 saturated heterocycles. The Balaban J connectivity index is 1.32. The van der Waals surface area contributed by atoms with Gasteiger partial charge in [-0.05, 0) is 43.3 Å². The number of morpholine rings is 1. The third-order valence-corrected chi connectivity index (χ3v) is 7.55. The lowest BCUT2D eigenvalue weighted by Gasteiger charge is -2.33. The largest absolute Gasteiger partial charge is 0.493 e. The van der Waals surface area contributed by atoms with Crippen LogP contribution in [0.5, 0.6) is 17.2 Å². The Hall–Kier alpha value is -3.08. The number of imidazole rings is 1. The summed E-state index contributed by atoms with van der Waals surface area (Å²) in [6.45, 7) is 5.33. The number of Topliss-reactive ketones (excluding diaryl/α,β-unsaturated/α-hetero) is 1. The van der Waals surface area contributed by atoms with Crippen molar-refractivity contribution in [2.24, 2.45) is 0 Å². The molecule has 37 heavy (non-hydrogen) atoms. The lowest BCUT2D eigenvalue weighted by Crippen LogP contribution is -2.44. The molecule has 3 aromatic rings. The quantitative estimate of drug-likeness (QED) is 0.382. The molecule has 196 valence electrons. The normalized spacial score (nSPS) is 17.5. The number of benzene rings is 2. The van der Waals surface area contributed by atoms with E-state index in [-0.39, 0.29) is 24.3 Å². The predicted octanol–water partition coefficient (Wildman–Crippen LogP) is 4.29. The Bertz CT molecular complexity index is 1280. The fourth-order valence-corrected chi connectivity index (χ4v) is 5.73. The number of nitrogens with zero attached hydrogens (tertiary/aromatic N) is 3. The standard InChI is InChI=1S/C27H30FN3O5S/c1-17(32)21-8-9-23(33-2)26(34-3)25(21)36-16-20-14-30(10-12-35-20)15-22-24(18-4-6-19(28)7-5-18)29-27-31(22)11-13-37-27/h4-9,20H,10-16H2,1-3H3. The van der Waals surface area contributed by atoms with E-state index in [1.54, 1.807) is 43.1 Å². The summed E-state index contributed by atoms with van der Waals surface area (Å²) < 4.78 is 38.8. The number of thioether (sulfide) groups is 1. The average Bonchev–Trinajstić information content (AvgIpc) is 3.50. The molecule has 1 unspecified atom stereocenters. The number of aromatic nitrogens is 2. The molecule has 10 heteroatoms. The summed E-state index contributed by atoms with van der Waals surface area (Å²) in [7, 11) is 3.07. The second-order valence-corrected chi connectivity index (χ2v) is 10.0. The summed E-state index contributed by atoms with van der Waals surface area (Å²) in [5.74, 6) is 1.86. The van der Waals surface area contributed by atoms with Crippen molar-refractivity contribution in [3.8, 4) is 28.5 Å². The van der Waals surface area contributed by atoms with E-state index < -0.39 is 0 Å². The fourth-order valence-electron chi connectivity index (χ4n) is 4.76. The first-order chi connectivity index (χ1) is 18.0. The van der Waals surface area contributed by atoms with Crippen LogP contribution in [0.25, 0.3) is 11.3 Å². The third kappa shape index (κ3) is 5.32. The molecule has 0 aliphatic carbocycles. The Morgan fingerprint density at radius 2 is 1.95 bits per heavy atom. The van der Waals surface area contributed by atoms with Gasteiger partial charge in [-0.2, -0.15) is 0 Å². The lowest BCUT2D eigenvalue weighted by atomic mass is 10.1. The van der Waals surface area contributed by atoms with Gasteiger partial charge in [0.25, 0.3) is 0 Å². The Labute approximate surface area is 219 Å². The van der Waals surface area contributed by atoms with Crippen LogP contribution in [0, 0.1) is 5.82 Å². The second-order valence-electron chi connectivity index (χ2n) is 8.97. The van der Waals surface area contributed by atoms with Gasteiger partial charge in [0.1, 0.15) is 18.5 Å². The van der Waals surface area contributed by atoms with Gasteiger partial charge in [0.05, 0.1) is 37.8 Å². The van der Waals surface area contributed by atoms with Crippen LogP contribution in [0.4, 0.5) is 4.39 Å². The van der Waals surface area contributed by atoms with Gasteiger partial charge in [-0.15, -0.1) is 0 Å². The van der Waals surface area contributed by atoms with Gasteiger partial charge in [0.2, 0.25) is 5.75 Å². The van der Waals surface area contributed by atoms with Crippen LogP contribution in [0.15, 0.2) is 41.6 Å². The van der Waals surface area contributed by atoms with Gasteiger partial charge in [0.15, 0.2) is 22.4 Å². The molecule has 1 fully saturated rings. The molecule has 0 spiro atoms. The molecule has 1 atom stereocenters. The van der Waals surface area contributed by atoms with Gasteiger partial charge in [-0.3, -0.25) is 9.69 Å². The highest BCUT2D eigenvalue weighted by Gasteiger charge is 2.28. The van der Waals surface area contributed by atoms with E-state index in [1.165, 1.54) is 26.2 Å². The first-order valence-electron chi connectivity index (χ1n) is 12.2. The lowest BCUT2D eigenvalue weighted by molar-refractivity contribution is -0.0512. The Morgan fingerprint density at radius 1 is 1.14 bits per heavy atom. The number of methoxy groups -OCH3 is 2. The van der Waals surface area contributed by atoms with Crippen molar-refractivity contribution in [3.05, 3.63) is 53.5 Å². The highest BCUT2D eigenvalue weighted by atomic mass is 32.2. The van der Waals surface area contributed by atoms with Gasteiger partial charge >= 0.3 is 0 Å². The maximum absolute atomic E-state index is 13.5. The van der Waals surface area contributed by atoms with Crippen LogP contribution in [0.3, 0.4) is 0 Å². The Morgan fingerprint density at radius 3 is 2.68 bits per heavy atom. The van der Waals surface area contributed by atoms with Crippen molar-refractivity contribution in [2.45, 2.75) is 31.3 Å². The van der Waals surface area contributed by atoms with Crippen molar-refractivity contribution in [1.82, 2.24) is 14.5 Å². The molecule has 2 aromatic carbocycles. The highest BCUT2D eigenvalue weighted by molar-refractivity contribution is 7.99. The number of hydrogen-bond donors (Lipinski definition) is 0. The van der Waals surface area contributed by atoms with Gasteiger partial charge in [-0.25, -0.2) is 9.37 Å². The smallest absolute Gasteiger partial charge is 0.204 e. The molecular formula is C27H30FN3O5S.